The van der Waals surface area contributed by atoms with Gasteiger partial charge in [0.25, 0.3) is 0 Å². The average molecular weight is 331 g/mol. The first-order valence-electron chi connectivity index (χ1n) is 6.84. The summed E-state index contributed by atoms with van der Waals surface area (Å²) in [6, 6.07) is 6.20. The fraction of sp³-hybridized carbons (Fsp3) is 0.429. The highest BCUT2D eigenvalue weighted by molar-refractivity contribution is 7.89. The molecular formula is C14H19ClN2O3S. The lowest BCUT2D eigenvalue weighted by molar-refractivity contribution is 0.123. The van der Waals surface area contributed by atoms with Crippen LogP contribution in [0.4, 0.5) is 0 Å². The summed E-state index contributed by atoms with van der Waals surface area (Å²) in [5.74, 6) is 0. The summed E-state index contributed by atoms with van der Waals surface area (Å²) in [5, 5.41) is 3.58. The van der Waals surface area contributed by atoms with Gasteiger partial charge in [0.15, 0.2) is 0 Å². The third-order valence-corrected chi connectivity index (χ3v) is 4.79. The highest BCUT2D eigenvalue weighted by Gasteiger charge is 2.14. The Morgan fingerprint density at radius 3 is 2.90 bits per heavy atom. The maximum atomic E-state index is 12.0. The van der Waals surface area contributed by atoms with Crippen LogP contribution in [-0.4, -0.2) is 34.2 Å². The number of sulfonamides is 1. The van der Waals surface area contributed by atoms with E-state index in [1.54, 1.807) is 18.4 Å². The van der Waals surface area contributed by atoms with E-state index >= 15 is 0 Å². The summed E-state index contributed by atoms with van der Waals surface area (Å²) in [5.41, 5.74) is 0. The van der Waals surface area contributed by atoms with Crippen LogP contribution < -0.4 is 10.0 Å². The standard InChI is InChI=1S/C14H19ClN2O3S/c15-12-4-3-6-14(10-12)21(18,19)17-8-7-16-11-13-5-1-2-9-20-13/h2-4,6,9-10,13,16-17H,1,5,7-8,11H2. The van der Waals surface area contributed by atoms with Crippen LogP contribution in [0.5, 0.6) is 0 Å². The van der Waals surface area contributed by atoms with Crippen molar-refractivity contribution in [2.45, 2.75) is 23.8 Å². The molecule has 1 aliphatic heterocycles. The summed E-state index contributed by atoms with van der Waals surface area (Å²) in [7, 11) is -3.50. The molecule has 0 radical (unpaired) electrons. The highest BCUT2D eigenvalue weighted by Crippen LogP contribution is 2.14. The molecule has 1 aromatic rings. The van der Waals surface area contributed by atoms with Crippen molar-refractivity contribution in [3.05, 3.63) is 41.6 Å². The normalized spacial score (nSPS) is 18.4. The number of nitrogens with one attached hydrogen (secondary N) is 2. The number of rotatable bonds is 7. The van der Waals surface area contributed by atoms with Crippen molar-refractivity contribution in [2.24, 2.45) is 0 Å². The molecule has 0 fully saturated rings. The maximum Gasteiger partial charge on any atom is 0.240 e. The van der Waals surface area contributed by atoms with Gasteiger partial charge >= 0.3 is 0 Å². The van der Waals surface area contributed by atoms with Crippen molar-refractivity contribution >= 4 is 21.6 Å². The van der Waals surface area contributed by atoms with Crippen molar-refractivity contribution in [3.8, 4) is 0 Å². The molecule has 1 unspecified atom stereocenters. The SMILES string of the molecule is O=S(=O)(NCCNCC1CCC=CO1)c1cccc(Cl)c1. The lowest BCUT2D eigenvalue weighted by atomic mass is 10.1. The quantitative estimate of drug-likeness (QED) is 0.749. The Morgan fingerprint density at radius 2 is 2.19 bits per heavy atom. The molecule has 116 valence electrons. The Hall–Kier alpha value is -1.08. The molecule has 1 heterocycles. The molecule has 0 saturated heterocycles. The van der Waals surface area contributed by atoms with Crippen molar-refractivity contribution in [2.75, 3.05) is 19.6 Å². The first-order valence-corrected chi connectivity index (χ1v) is 8.70. The molecule has 7 heteroatoms. The zero-order valence-corrected chi connectivity index (χ0v) is 13.2. The molecular weight excluding hydrogens is 312 g/mol. The number of benzene rings is 1. The monoisotopic (exact) mass is 330 g/mol. The second-order valence-electron chi connectivity index (χ2n) is 4.77. The van der Waals surface area contributed by atoms with E-state index in [9.17, 15) is 8.42 Å². The van der Waals surface area contributed by atoms with Crippen LogP contribution >= 0.6 is 11.6 Å². The van der Waals surface area contributed by atoms with Gasteiger partial charge in [-0.05, 0) is 37.1 Å². The average Bonchev–Trinajstić information content (AvgIpc) is 2.48. The van der Waals surface area contributed by atoms with Gasteiger partial charge in [0, 0.05) is 24.7 Å². The minimum Gasteiger partial charge on any atom is -0.497 e. The second kappa shape index (κ2) is 7.79. The molecule has 1 atom stereocenters. The van der Waals surface area contributed by atoms with E-state index in [0.29, 0.717) is 24.7 Å². The smallest absolute Gasteiger partial charge is 0.240 e. The van der Waals surface area contributed by atoms with E-state index < -0.39 is 10.0 Å². The van der Waals surface area contributed by atoms with E-state index in [2.05, 4.69) is 10.0 Å². The molecule has 0 aliphatic carbocycles. The minimum atomic E-state index is -3.50. The fourth-order valence-electron chi connectivity index (χ4n) is 1.99. The molecule has 0 bridgehead atoms. The van der Waals surface area contributed by atoms with Gasteiger partial charge in [0.05, 0.1) is 11.2 Å². The van der Waals surface area contributed by atoms with Crippen LogP contribution in [-0.2, 0) is 14.8 Å². The third kappa shape index (κ3) is 5.32. The molecule has 0 saturated carbocycles. The molecule has 0 amide bonds. The van der Waals surface area contributed by atoms with E-state index in [0.717, 1.165) is 12.8 Å². The van der Waals surface area contributed by atoms with Gasteiger partial charge < -0.3 is 10.1 Å². The lowest BCUT2D eigenvalue weighted by Crippen LogP contribution is -2.36. The fourth-order valence-corrected chi connectivity index (χ4v) is 3.32. The zero-order chi connectivity index (χ0) is 15.1. The number of ether oxygens (including phenoxy) is 1. The Labute approximate surface area is 130 Å². The van der Waals surface area contributed by atoms with Crippen LogP contribution in [0.1, 0.15) is 12.8 Å². The van der Waals surface area contributed by atoms with Gasteiger partial charge in [-0.3, -0.25) is 0 Å². The molecule has 2 rings (SSSR count). The van der Waals surface area contributed by atoms with Gasteiger partial charge in [0.2, 0.25) is 10.0 Å². The number of hydrogen-bond donors (Lipinski definition) is 2. The summed E-state index contributed by atoms with van der Waals surface area (Å²) in [6.07, 6.45) is 5.89. The minimum absolute atomic E-state index is 0.166. The summed E-state index contributed by atoms with van der Waals surface area (Å²) < 4.78 is 32.0. The molecule has 1 aliphatic rings. The molecule has 1 aromatic carbocycles. The van der Waals surface area contributed by atoms with Crippen molar-refractivity contribution in [1.29, 1.82) is 0 Å². The van der Waals surface area contributed by atoms with Crippen LogP contribution in [0, 0.1) is 0 Å². The number of hydrogen-bond acceptors (Lipinski definition) is 4. The summed E-state index contributed by atoms with van der Waals surface area (Å²) in [6.45, 7) is 1.57. The van der Waals surface area contributed by atoms with Crippen LogP contribution in [0.15, 0.2) is 41.5 Å². The van der Waals surface area contributed by atoms with E-state index in [1.165, 1.54) is 12.1 Å². The zero-order valence-electron chi connectivity index (χ0n) is 11.6. The van der Waals surface area contributed by atoms with Crippen LogP contribution in [0.2, 0.25) is 5.02 Å². The van der Waals surface area contributed by atoms with Crippen molar-refractivity contribution in [1.82, 2.24) is 10.0 Å². The second-order valence-corrected chi connectivity index (χ2v) is 6.97. The first-order chi connectivity index (χ1) is 10.1. The van der Waals surface area contributed by atoms with Crippen LogP contribution in [0.3, 0.4) is 0 Å². The van der Waals surface area contributed by atoms with Crippen LogP contribution in [0.25, 0.3) is 0 Å². The maximum absolute atomic E-state index is 12.0. The summed E-state index contributed by atoms with van der Waals surface area (Å²) in [4.78, 5) is 0.177. The van der Waals surface area contributed by atoms with Gasteiger partial charge in [-0.25, -0.2) is 13.1 Å². The van der Waals surface area contributed by atoms with E-state index in [1.807, 2.05) is 6.08 Å². The van der Waals surface area contributed by atoms with E-state index in [-0.39, 0.29) is 11.0 Å². The van der Waals surface area contributed by atoms with Crippen molar-refractivity contribution in [3.63, 3.8) is 0 Å². The Kier molecular flexibility index (Phi) is 6.05. The predicted octanol–water partition coefficient (Wildman–Crippen LogP) is 1.90. The predicted molar refractivity (Wildman–Crippen MR) is 82.8 cm³/mol. The largest absolute Gasteiger partial charge is 0.497 e. The Bertz CT molecular complexity index is 590. The first kappa shape index (κ1) is 16.3. The Morgan fingerprint density at radius 1 is 1.33 bits per heavy atom. The molecule has 21 heavy (non-hydrogen) atoms. The van der Waals surface area contributed by atoms with Gasteiger partial charge in [-0.15, -0.1) is 0 Å². The number of halogens is 1. The van der Waals surface area contributed by atoms with Gasteiger partial charge in [0.1, 0.15) is 6.10 Å². The van der Waals surface area contributed by atoms with E-state index in [4.69, 9.17) is 16.3 Å². The summed E-state index contributed by atoms with van der Waals surface area (Å²) >= 11 is 5.80. The Balaban J connectivity index is 1.71. The van der Waals surface area contributed by atoms with Crippen molar-refractivity contribution < 1.29 is 13.2 Å². The molecule has 2 N–H and O–H groups in total. The molecule has 5 nitrogen and oxygen atoms in total. The lowest BCUT2D eigenvalue weighted by Gasteiger charge is -2.19. The van der Waals surface area contributed by atoms with Gasteiger partial charge in [-0.2, -0.15) is 0 Å². The molecule has 0 spiro atoms. The topological polar surface area (TPSA) is 67.4 Å². The number of allylic oxidation sites excluding steroid dienone is 1. The highest BCUT2D eigenvalue weighted by atomic mass is 35.5. The third-order valence-electron chi connectivity index (χ3n) is 3.09. The molecule has 0 aromatic heterocycles. The van der Waals surface area contributed by atoms with Gasteiger partial charge in [-0.1, -0.05) is 17.7 Å².